The molecule has 0 fully saturated rings. The van der Waals surface area contributed by atoms with Crippen LogP contribution in [0.1, 0.15) is 13.3 Å². The first-order chi connectivity index (χ1) is 4.70. The molecule has 0 aromatic heterocycles. The van der Waals surface area contributed by atoms with Gasteiger partial charge in [0.2, 0.25) is 0 Å². The number of hydrogen-bond acceptors (Lipinski definition) is 1. The van der Waals surface area contributed by atoms with Gasteiger partial charge in [-0.1, -0.05) is 31.7 Å². The molecule has 0 aliphatic rings. The van der Waals surface area contributed by atoms with E-state index >= 15 is 0 Å². The standard InChI is InChI=1S/C8H12FN/c1-4-7(2)5-6-8(3)10-9/h5-6,10H,2-4H2,1H3/b6-5-. The number of nitrogens with one attached hydrogen (secondary N) is 1. The van der Waals surface area contributed by atoms with Crippen molar-refractivity contribution < 1.29 is 4.48 Å². The van der Waals surface area contributed by atoms with Gasteiger partial charge in [-0.3, -0.25) is 0 Å². The van der Waals surface area contributed by atoms with Crippen molar-refractivity contribution in [2.45, 2.75) is 13.3 Å². The van der Waals surface area contributed by atoms with Gasteiger partial charge < -0.3 is 0 Å². The average molecular weight is 141 g/mol. The molecule has 0 aromatic rings. The minimum Gasteiger partial charge on any atom is -0.225 e. The van der Waals surface area contributed by atoms with Gasteiger partial charge in [0.1, 0.15) is 0 Å². The smallest absolute Gasteiger partial charge is 0.0584 e. The quantitative estimate of drug-likeness (QED) is 0.468. The molecule has 56 valence electrons. The lowest BCUT2D eigenvalue weighted by Crippen LogP contribution is -1.93. The lowest BCUT2D eigenvalue weighted by molar-refractivity contribution is 0.393. The van der Waals surface area contributed by atoms with Gasteiger partial charge in [-0.25, -0.2) is 5.54 Å². The van der Waals surface area contributed by atoms with Crippen LogP contribution in [0.3, 0.4) is 0 Å². The summed E-state index contributed by atoms with van der Waals surface area (Å²) >= 11 is 0. The van der Waals surface area contributed by atoms with Crippen molar-refractivity contribution in [1.82, 2.24) is 5.54 Å². The molecular weight excluding hydrogens is 129 g/mol. The van der Waals surface area contributed by atoms with Crippen molar-refractivity contribution in [3.63, 3.8) is 0 Å². The largest absolute Gasteiger partial charge is 0.225 e. The summed E-state index contributed by atoms with van der Waals surface area (Å²) < 4.78 is 11.5. The topological polar surface area (TPSA) is 12.0 Å². The Morgan fingerprint density at radius 3 is 2.50 bits per heavy atom. The molecule has 0 radical (unpaired) electrons. The summed E-state index contributed by atoms with van der Waals surface area (Å²) in [4.78, 5) is 0. The van der Waals surface area contributed by atoms with Crippen molar-refractivity contribution in [3.05, 3.63) is 36.6 Å². The molecule has 0 amide bonds. The molecule has 0 atom stereocenters. The third-order valence-corrected chi connectivity index (χ3v) is 1.10. The normalized spacial score (nSPS) is 9.80. The van der Waals surface area contributed by atoms with Crippen LogP contribution >= 0.6 is 0 Å². The fourth-order valence-corrected chi connectivity index (χ4v) is 0.368. The van der Waals surface area contributed by atoms with E-state index in [1.165, 1.54) is 5.54 Å². The van der Waals surface area contributed by atoms with Crippen LogP contribution in [0.5, 0.6) is 0 Å². The van der Waals surface area contributed by atoms with E-state index < -0.39 is 0 Å². The molecule has 0 saturated heterocycles. The fraction of sp³-hybridized carbons (Fsp3) is 0.250. The summed E-state index contributed by atoms with van der Waals surface area (Å²) in [6, 6.07) is 0. The minimum absolute atomic E-state index is 0.245. The highest BCUT2D eigenvalue weighted by Crippen LogP contribution is 1.99. The monoisotopic (exact) mass is 141 g/mol. The molecule has 1 N–H and O–H groups in total. The zero-order valence-corrected chi connectivity index (χ0v) is 6.15. The molecule has 1 nitrogen and oxygen atoms in total. The first-order valence-electron chi connectivity index (χ1n) is 3.12. The second-order valence-electron chi connectivity index (χ2n) is 1.96. The Hall–Kier alpha value is -1.05. The number of hydrogen-bond donors (Lipinski definition) is 1. The van der Waals surface area contributed by atoms with E-state index in [4.69, 9.17) is 0 Å². The van der Waals surface area contributed by atoms with Crippen molar-refractivity contribution in [2.24, 2.45) is 0 Å². The molecule has 0 heterocycles. The molecule has 10 heavy (non-hydrogen) atoms. The Kier molecular flexibility index (Phi) is 4.29. The van der Waals surface area contributed by atoms with Crippen LogP contribution in [0.15, 0.2) is 36.6 Å². The molecule has 0 rings (SSSR count). The maximum absolute atomic E-state index is 11.5. The van der Waals surface area contributed by atoms with Crippen LogP contribution in [0.4, 0.5) is 4.48 Å². The first kappa shape index (κ1) is 8.95. The summed E-state index contributed by atoms with van der Waals surface area (Å²) in [5.74, 6) is 0. The van der Waals surface area contributed by atoms with E-state index in [1.54, 1.807) is 12.2 Å². The van der Waals surface area contributed by atoms with Crippen molar-refractivity contribution in [1.29, 1.82) is 0 Å². The molecule has 0 unspecified atom stereocenters. The SMILES string of the molecule is C=C(/C=C\C(=C)NF)CC. The summed E-state index contributed by atoms with van der Waals surface area (Å²) in [6.07, 6.45) is 4.15. The molecular formula is C8H12FN. The Labute approximate surface area is 60.9 Å². The molecule has 0 spiro atoms. The number of halogens is 1. The summed E-state index contributed by atoms with van der Waals surface area (Å²) in [6.45, 7) is 9.05. The second kappa shape index (κ2) is 4.79. The molecule has 0 bridgehead atoms. The van der Waals surface area contributed by atoms with Gasteiger partial charge in [0.05, 0.1) is 5.70 Å². The van der Waals surface area contributed by atoms with Gasteiger partial charge in [0.15, 0.2) is 0 Å². The molecule has 0 aromatic carbocycles. The highest BCUT2D eigenvalue weighted by atomic mass is 19.2. The lowest BCUT2D eigenvalue weighted by Gasteiger charge is -1.92. The fourth-order valence-electron chi connectivity index (χ4n) is 0.368. The van der Waals surface area contributed by atoms with E-state index in [0.717, 1.165) is 12.0 Å². The van der Waals surface area contributed by atoms with E-state index in [0.29, 0.717) is 0 Å². The van der Waals surface area contributed by atoms with Crippen LogP contribution in [-0.2, 0) is 0 Å². The van der Waals surface area contributed by atoms with Gasteiger partial charge in [0, 0.05) is 0 Å². The summed E-state index contributed by atoms with van der Waals surface area (Å²) in [5.41, 5.74) is 2.62. The maximum atomic E-state index is 11.5. The van der Waals surface area contributed by atoms with Crippen molar-refractivity contribution in [2.75, 3.05) is 0 Å². The highest BCUT2D eigenvalue weighted by molar-refractivity contribution is 5.22. The Bertz CT molecular complexity index is 141. The zero-order chi connectivity index (χ0) is 7.98. The third-order valence-electron chi connectivity index (χ3n) is 1.10. The minimum atomic E-state index is 0.245. The summed E-state index contributed by atoms with van der Waals surface area (Å²) in [7, 11) is 0. The maximum Gasteiger partial charge on any atom is 0.0584 e. The highest BCUT2D eigenvalue weighted by Gasteiger charge is 1.83. The van der Waals surface area contributed by atoms with Gasteiger partial charge in [0.25, 0.3) is 0 Å². The van der Waals surface area contributed by atoms with Crippen molar-refractivity contribution in [3.8, 4) is 0 Å². The number of allylic oxidation sites excluding steroid dienone is 3. The summed E-state index contributed by atoms with van der Waals surface area (Å²) in [5, 5.41) is 0. The van der Waals surface area contributed by atoms with Crippen LogP contribution in [0, 0.1) is 0 Å². The molecule has 2 heteroatoms. The molecule has 0 aliphatic carbocycles. The van der Waals surface area contributed by atoms with E-state index in [-0.39, 0.29) is 5.70 Å². The van der Waals surface area contributed by atoms with Gasteiger partial charge >= 0.3 is 0 Å². The van der Waals surface area contributed by atoms with E-state index in [9.17, 15) is 4.48 Å². The van der Waals surface area contributed by atoms with Crippen molar-refractivity contribution >= 4 is 0 Å². The Balaban J connectivity index is 3.75. The van der Waals surface area contributed by atoms with Gasteiger partial charge in [-0.2, -0.15) is 0 Å². The van der Waals surface area contributed by atoms with Crippen LogP contribution in [-0.4, -0.2) is 0 Å². The van der Waals surface area contributed by atoms with Crippen LogP contribution in [0.25, 0.3) is 0 Å². The average Bonchev–Trinajstić information content (AvgIpc) is 1.99. The van der Waals surface area contributed by atoms with Crippen LogP contribution < -0.4 is 5.54 Å². The lowest BCUT2D eigenvalue weighted by atomic mass is 10.2. The number of rotatable bonds is 4. The predicted octanol–water partition coefficient (Wildman–Crippen LogP) is 2.50. The van der Waals surface area contributed by atoms with E-state index in [2.05, 4.69) is 13.2 Å². The third kappa shape index (κ3) is 3.89. The zero-order valence-electron chi connectivity index (χ0n) is 6.15. The van der Waals surface area contributed by atoms with Crippen LogP contribution in [0.2, 0.25) is 0 Å². The predicted molar refractivity (Wildman–Crippen MR) is 42.0 cm³/mol. The van der Waals surface area contributed by atoms with E-state index in [1.807, 2.05) is 6.92 Å². The second-order valence-corrected chi connectivity index (χ2v) is 1.96. The van der Waals surface area contributed by atoms with Gasteiger partial charge in [-0.15, -0.1) is 4.48 Å². The Morgan fingerprint density at radius 1 is 1.50 bits per heavy atom. The van der Waals surface area contributed by atoms with Gasteiger partial charge in [-0.05, 0) is 12.5 Å². The molecule has 0 aliphatic heterocycles. The molecule has 0 saturated carbocycles. The Morgan fingerprint density at radius 2 is 2.10 bits per heavy atom. The first-order valence-corrected chi connectivity index (χ1v) is 3.12.